The Morgan fingerprint density at radius 3 is 2.81 bits per heavy atom. The van der Waals surface area contributed by atoms with Gasteiger partial charge in [-0.05, 0) is 24.6 Å². The third-order valence-electron chi connectivity index (χ3n) is 3.62. The van der Waals surface area contributed by atoms with E-state index in [1.54, 1.807) is 30.3 Å². The second-order valence-electron chi connectivity index (χ2n) is 5.40. The lowest BCUT2D eigenvalue weighted by Gasteiger charge is -2.09. The molecule has 0 aliphatic rings. The van der Waals surface area contributed by atoms with Crippen molar-refractivity contribution in [2.24, 2.45) is 0 Å². The summed E-state index contributed by atoms with van der Waals surface area (Å²) < 4.78 is 1.01. The van der Waals surface area contributed by atoms with Crippen molar-refractivity contribution in [3.8, 4) is 0 Å². The summed E-state index contributed by atoms with van der Waals surface area (Å²) in [7, 11) is 0. The van der Waals surface area contributed by atoms with Crippen molar-refractivity contribution in [1.29, 1.82) is 0 Å². The number of carbonyl (C=O) groups excluding carboxylic acids is 2. The molecule has 0 radical (unpaired) electrons. The van der Waals surface area contributed by atoms with Crippen LogP contribution in [0, 0.1) is 0 Å². The first kappa shape index (κ1) is 18.1. The third-order valence-corrected chi connectivity index (χ3v) is 5.14. The van der Waals surface area contributed by atoms with Gasteiger partial charge in [0.15, 0.2) is 0 Å². The minimum Gasteiger partial charge on any atom is -0.343 e. The SMILES string of the molecule is CCc1cc2c(=O)n(NC(=O)CNC(=O)c3ccccc3Cl)cnc2s1. The summed E-state index contributed by atoms with van der Waals surface area (Å²) >= 11 is 7.39. The Morgan fingerprint density at radius 1 is 1.31 bits per heavy atom. The molecular formula is C17H15ClN4O3S. The number of aromatic nitrogens is 2. The molecule has 7 nitrogen and oxygen atoms in total. The molecule has 134 valence electrons. The molecule has 2 aromatic heterocycles. The van der Waals surface area contributed by atoms with Crippen molar-refractivity contribution in [3.63, 3.8) is 0 Å². The molecule has 0 unspecified atom stereocenters. The zero-order valence-corrected chi connectivity index (χ0v) is 15.4. The molecule has 0 aliphatic heterocycles. The molecule has 0 spiro atoms. The largest absolute Gasteiger partial charge is 0.343 e. The van der Waals surface area contributed by atoms with Crippen LogP contribution in [-0.2, 0) is 11.2 Å². The number of hydrogen-bond donors (Lipinski definition) is 2. The Bertz CT molecular complexity index is 1040. The maximum atomic E-state index is 12.4. The van der Waals surface area contributed by atoms with Gasteiger partial charge in [-0.15, -0.1) is 11.3 Å². The number of fused-ring (bicyclic) bond motifs is 1. The Labute approximate surface area is 157 Å². The van der Waals surface area contributed by atoms with Crippen LogP contribution in [0.2, 0.25) is 5.02 Å². The fourth-order valence-corrected chi connectivity index (χ4v) is 3.45. The molecule has 0 aliphatic carbocycles. The van der Waals surface area contributed by atoms with Gasteiger partial charge in [0.25, 0.3) is 17.4 Å². The van der Waals surface area contributed by atoms with E-state index in [1.165, 1.54) is 17.7 Å². The Hall–Kier alpha value is -2.71. The summed E-state index contributed by atoms with van der Waals surface area (Å²) in [4.78, 5) is 42.3. The fraction of sp³-hybridized carbons (Fsp3) is 0.176. The van der Waals surface area contributed by atoms with Crippen molar-refractivity contribution in [2.75, 3.05) is 12.0 Å². The second-order valence-corrected chi connectivity index (χ2v) is 6.92. The van der Waals surface area contributed by atoms with E-state index in [-0.39, 0.29) is 17.7 Å². The second kappa shape index (κ2) is 7.67. The summed E-state index contributed by atoms with van der Waals surface area (Å²) in [5.41, 5.74) is 2.32. The van der Waals surface area contributed by atoms with Crippen LogP contribution in [0.25, 0.3) is 10.2 Å². The van der Waals surface area contributed by atoms with Gasteiger partial charge < -0.3 is 5.32 Å². The van der Waals surface area contributed by atoms with Crippen LogP contribution < -0.4 is 16.3 Å². The molecule has 1 aromatic carbocycles. The van der Waals surface area contributed by atoms with E-state index in [1.807, 2.05) is 6.92 Å². The molecule has 26 heavy (non-hydrogen) atoms. The van der Waals surface area contributed by atoms with Crippen molar-refractivity contribution >= 4 is 45.0 Å². The van der Waals surface area contributed by atoms with Gasteiger partial charge in [0.1, 0.15) is 11.2 Å². The van der Waals surface area contributed by atoms with Gasteiger partial charge in [-0.2, -0.15) is 0 Å². The first-order valence-electron chi connectivity index (χ1n) is 7.82. The molecular weight excluding hydrogens is 376 g/mol. The van der Waals surface area contributed by atoms with Crippen LogP contribution in [0.15, 0.2) is 41.5 Å². The molecule has 0 fully saturated rings. The van der Waals surface area contributed by atoms with E-state index in [4.69, 9.17) is 11.6 Å². The lowest BCUT2D eigenvalue weighted by atomic mass is 10.2. The van der Waals surface area contributed by atoms with Gasteiger partial charge in [0.05, 0.1) is 22.5 Å². The number of hydrogen-bond acceptors (Lipinski definition) is 5. The van der Waals surface area contributed by atoms with E-state index in [0.29, 0.717) is 15.2 Å². The van der Waals surface area contributed by atoms with Crippen LogP contribution in [0.3, 0.4) is 0 Å². The van der Waals surface area contributed by atoms with Gasteiger partial charge in [-0.1, -0.05) is 30.7 Å². The number of benzene rings is 1. The van der Waals surface area contributed by atoms with Crippen molar-refractivity contribution in [3.05, 3.63) is 62.5 Å². The standard InChI is InChI=1S/C17H15ClN4O3S/c1-2-10-7-12-16(26-10)20-9-22(17(12)25)21-14(23)8-19-15(24)11-5-3-4-6-13(11)18/h3-7,9H,2,8H2,1H3,(H,19,24)(H,21,23). The lowest BCUT2D eigenvalue weighted by Crippen LogP contribution is -2.39. The first-order chi connectivity index (χ1) is 12.5. The highest BCUT2D eigenvalue weighted by Crippen LogP contribution is 2.20. The molecule has 0 saturated carbocycles. The molecule has 3 aromatic rings. The van der Waals surface area contributed by atoms with E-state index < -0.39 is 11.8 Å². The van der Waals surface area contributed by atoms with E-state index in [2.05, 4.69) is 15.7 Å². The summed E-state index contributed by atoms with van der Waals surface area (Å²) in [6.45, 7) is 1.69. The number of nitrogens with one attached hydrogen (secondary N) is 2. The number of rotatable bonds is 5. The Morgan fingerprint density at radius 2 is 2.08 bits per heavy atom. The lowest BCUT2D eigenvalue weighted by molar-refractivity contribution is -0.116. The van der Waals surface area contributed by atoms with Gasteiger partial charge in [-0.3, -0.25) is 19.8 Å². The predicted octanol–water partition coefficient (Wildman–Crippen LogP) is 2.17. The maximum absolute atomic E-state index is 12.4. The van der Waals surface area contributed by atoms with Gasteiger partial charge in [0, 0.05) is 4.88 Å². The van der Waals surface area contributed by atoms with Crippen molar-refractivity contribution in [2.45, 2.75) is 13.3 Å². The molecule has 0 bridgehead atoms. The normalized spacial score (nSPS) is 10.7. The zero-order valence-electron chi connectivity index (χ0n) is 13.8. The average Bonchev–Trinajstić information content (AvgIpc) is 3.07. The summed E-state index contributed by atoms with van der Waals surface area (Å²) in [6.07, 6.45) is 2.06. The highest BCUT2D eigenvalue weighted by molar-refractivity contribution is 7.18. The predicted molar refractivity (Wildman–Crippen MR) is 101 cm³/mol. The van der Waals surface area contributed by atoms with Crippen LogP contribution in [-0.4, -0.2) is 28.0 Å². The van der Waals surface area contributed by atoms with Crippen LogP contribution in [0.4, 0.5) is 0 Å². The Balaban J connectivity index is 1.68. The van der Waals surface area contributed by atoms with Gasteiger partial charge >= 0.3 is 0 Å². The number of thiophene rings is 1. The maximum Gasteiger partial charge on any atom is 0.280 e. The molecule has 2 N–H and O–H groups in total. The molecule has 0 atom stereocenters. The molecule has 3 rings (SSSR count). The fourth-order valence-electron chi connectivity index (χ4n) is 2.30. The summed E-state index contributed by atoms with van der Waals surface area (Å²) in [5, 5.41) is 3.21. The van der Waals surface area contributed by atoms with E-state index >= 15 is 0 Å². The highest BCUT2D eigenvalue weighted by Gasteiger charge is 2.13. The molecule has 2 heterocycles. The van der Waals surface area contributed by atoms with Crippen molar-refractivity contribution in [1.82, 2.24) is 15.0 Å². The van der Waals surface area contributed by atoms with Crippen molar-refractivity contribution < 1.29 is 9.59 Å². The number of nitrogens with zero attached hydrogens (tertiary/aromatic N) is 2. The first-order valence-corrected chi connectivity index (χ1v) is 9.01. The van der Waals surface area contributed by atoms with Gasteiger partial charge in [0.2, 0.25) is 0 Å². The molecule has 2 amide bonds. The molecule has 0 saturated heterocycles. The van der Waals surface area contributed by atoms with Crippen LogP contribution in [0.5, 0.6) is 0 Å². The number of carbonyl (C=O) groups is 2. The monoisotopic (exact) mass is 390 g/mol. The summed E-state index contributed by atoms with van der Waals surface area (Å²) in [5.74, 6) is -1.03. The van der Waals surface area contributed by atoms with E-state index in [9.17, 15) is 14.4 Å². The summed E-state index contributed by atoms with van der Waals surface area (Å²) in [6, 6.07) is 8.29. The van der Waals surface area contributed by atoms with Crippen LogP contribution >= 0.6 is 22.9 Å². The number of aryl methyl sites for hydroxylation is 1. The average molecular weight is 391 g/mol. The minimum absolute atomic E-state index is 0.271. The zero-order chi connectivity index (χ0) is 18.7. The van der Waals surface area contributed by atoms with Gasteiger partial charge in [-0.25, -0.2) is 9.66 Å². The Kier molecular flexibility index (Phi) is 5.34. The third kappa shape index (κ3) is 3.76. The minimum atomic E-state index is -0.556. The van der Waals surface area contributed by atoms with Crippen LogP contribution in [0.1, 0.15) is 22.2 Å². The highest BCUT2D eigenvalue weighted by atomic mass is 35.5. The number of halogens is 1. The quantitative estimate of drug-likeness (QED) is 0.698. The topological polar surface area (TPSA) is 93.1 Å². The smallest absolute Gasteiger partial charge is 0.280 e. The molecule has 9 heteroatoms. The van der Waals surface area contributed by atoms with E-state index in [0.717, 1.165) is 16.0 Å². The number of amides is 2.